The van der Waals surface area contributed by atoms with Crippen LogP contribution in [0.15, 0.2) is 30.5 Å². The number of aromatic nitrogens is 1. The molecule has 2 rings (SSSR count). The fourth-order valence-corrected chi connectivity index (χ4v) is 1.55. The predicted octanol–water partition coefficient (Wildman–Crippen LogP) is 2.26. The second-order valence-corrected chi connectivity index (χ2v) is 3.74. The molecular formula is C12H11FN2O2. The van der Waals surface area contributed by atoms with Crippen molar-refractivity contribution in [3.05, 3.63) is 36.3 Å². The first kappa shape index (κ1) is 11.3. The third kappa shape index (κ3) is 2.33. The van der Waals surface area contributed by atoms with Gasteiger partial charge < -0.3 is 10.4 Å². The van der Waals surface area contributed by atoms with E-state index in [0.717, 1.165) is 6.20 Å². The van der Waals surface area contributed by atoms with Crippen molar-refractivity contribution in [3.63, 3.8) is 0 Å². The summed E-state index contributed by atoms with van der Waals surface area (Å²) in [6, 6.07) is 5.79. The van der Waals surface area contributed by atoms with E-state index < -0.39 is 17.8 Å². The van der Waals surface area contributed by atoms with Gasteiger partial charge in [-0.2, -0.15) is 0 Å². The number of carboxylic acids is 1. The van der Waals surface area contributed by atoms with Gasteiger partial charge in [-0.3, -0.25) is 9.78 Å². The SMILES string of the molecule is C[C@H](Nc1cccc2cc(F)cnc12)C(=O)O. The molecule has 1 aromatic carbocycles. The van der Waals surface area contributed by atoms with E-state index in [1.807, 2.05) is 0 Å². The summed E-state index contributed by atoms with van der Waals surface area (Å²) in [5.74, 6) is -1.37. The second kappa shape index (κ2) is 4.37. The molecule has 2 aromatic rings. The Morgan fingerprint density at radius 2 is 2.29 bits per heavy atom. The molecule has 4 nitrogen and oxygen atoms in total. The largest absolute Gasteiger partial charge is 0.480 e. The molecule has 1 aromatic heterocycles. The third-order valence-electron chi connectivity index (χ3n) is 2.42. The van der Waals surface area contributed by atoms with Crippen molar-refractivity contribution >= 4 is 22.6 Å². The number of hydrogen-bond donors (Lipinski definition) is 2. The average Bonchev–Trinajstić information content (AvgIpc) is 2.28. The summed E-state index contributed by atoms with van der Waals surface area (Å²) >= 11 is 0. The fourth-order valence-electron chi connectivity index (χ4n) is 1.55. The van der Waals surface area contributed by atoms with Gasteiger partial charge in [0.15, 0.2) is 0 Å². The van der Waals surface area contributed by atoms with Gasteiger partial charge in [0.05, 0.1) is 17.4 Å². The highest BCUT2D eigenvalue weighted by Gasteiger charge is 2.12. The van der Waals surface area contributed by atoms with Crippen LogP contribution >= 0.6 is 0 Å². The van der Waals surface area contributed by atoms with Crippen LogP contribution in [0.1, 0.15) is 6.92 Å². The van der Waals surface area contributed by atoms with E-state index in [4.69, 9.17) is 5.11 Å². The number of halogens is 1. The first-order valence-corrected chi connectivity index (χ1v) is 5.11. The Morgan fingerprint density at radius 3 is 3.00 bits per heavy atom. The van der Waals surface area contributed by atoms with Gasteiger partial charge in [0, 0.05) is 5.39 Å². The number of benzene rings is 1. The number of para-hydroxylation sites is 1. The van der Waals surface area contributed by atoms with E-state index in [1.165, 1.54) is 13.0 Å². The molecule has 0 saturated carbocycles. The van der Waals surface area contributed by atoms with E-state index in [-0.39, 0.29) is 0 Å². The molecule has 0 saturated heterocycles. The second-order valence-electron chi connectivity index (χ2n) is 3.74. The number of hydrogen-bond acceptors (Lipinski definition) is 3. The Balaban J connectivity index is 2.44. The van der Waals surface area contributed by atoms with Crippen LogP contribution in [0, 0.1) is 5.82 Å². The fraction of sp³-hybridized carbons (Fsp3) is 0.167. The lowest BCUT2D eigenvalue weighted by Gasteiger charge is -2.12. The van der Waals surface area contributed by atoms with Crippen LogP contribution < -0.4 is 5.32 Å². The van der Waals surface area contributed by atoms with Gasteiger partial charge in [-0.25, -0.2) is 4.39 Å². The van der Waals surface area contributed by atoms with Crippen LogP contribution in [0.2, 0.25) is 0 Å². The Bertz CT molecular complexity index is 571. The Hall–Kier alpha value is -2.17. The zero-order valence-electron chi connectivity index (χ0n) is 9.14. The molecule has 0 amide bonds. The smallest absolute Gasteiger partial charge is 0.325 e. The molecule has 17 heavy (non-hydrogen) atoms. The third-order valence-corrected chi connectivity index (χ3v) is 2.42. The number of pyridine rings is 1. The molecule has 88 valence electrons. The molecule has 0 aliphatic rings. The molecule has 0 bridgehead atoms. The summed E-state index contributed by atoms with van der Waals surface area (Å²) < 4.78 is 13.0. The van der Waals surface area contributed by atoms with E-state index >= 15 is 0 Å². The first-order chi connectivity index (χ1) is 8.08. The number of carbonyl (C=O) groups is 1. The van der Waals surface area contributed by atoms with Crippen molar-refractivity contribution in [1.82, 2.24) is 4.98 Å². The summed E-state index contributed by atoms with van der Waals surface area (Å²) in [7, 11) is 0. The minimum Gasteiger partial charge on any atom is -0.480 e. The van der Waals surface area contributed by atoms with Gasteiger partial charge in [0.2, 0.25) is 0 Å². The number of nitrogens with one attached hydrogen (secondary N) is 1. The monoisotopic (exact) mass is 234 g/mol. The Kier molecular flexibility index (Phi) is 2.91. The number of nitrogens with zero attached hydrogens (tertiary/aromatic N) is 1. The molecule has 1 atom stereocenters. The molecule has 5 heteroatoms. The summed E-state index contributed by atoms with van der Waals surface area (Å²) in [5, 5.41) is 12.3. The van der Waals surface area contributed by atoms with Crippen LogP contribution in [0.5, 0.6) is 0 Å². The molecule has 0 unspecified atom stereocenters. The maximum Gasteiger partial charge on any atom is 0.325 e. The zero-order valence-corrected chi connectivity index (χ0v) is 9.14. The predicted molar refractivity (Wildman–Crippen MR) is 62.4 cm³/mol. The van der Waals surface area contributed by atoms with Crippen molar-refractivity contribution in [1.29, 1.82) is 0 Å². The quantitative estimate of drug-likeness (QED) is 0.855. The highest BCUT2D eigenvalue weighted by atomic mass is 19.1. The Morgan fingerprint density at radius 1 is 1.53 bits per heavy atom. The minimum atomic E-state index is -0.955. The summed E-state index contributed by atoms with van der Waals surface area (Å²) in [4.78, 5) is 14.7. The highest BCUT2D eigenvalue weighted by Crippen LogP contribution is 2.22. The molecular weight excluding hydrogens is 223 g/mol. The number of fused-ring (bicyclic) bond motifs is 1. The topological polar surface area (TPSA) is 62.2 Å². The van der Waals surface area contributed by atoms with E-state index in [9.17, 15) is 9.18 Å². The Labute approximate surface area is 97.1 Å². The van der Waals surface area contributed by atoms with Gasteiger partial charge >= 0.3 is 5.97 Å². The lowest BCUT2D eigenvalue weighted by Crippen LogP contribution is -2.25. The van der Waals surface area contributed by atoms with Gasteiger partial charge in [0.25, 0.3) is 0 Å². The molecule has 0 aliphatic heterocycles. The van der Waals surface area contributed by atoms with Crippen molar-refractivity contribution < 1.29 is 14.3 Å². The van der Waals surface area contributed by atoms with Crippen molar-refractivity contribution in [2.24, 2.45) is 0 Å². The maximum absolute atomic E-state index is 13.0. The maximum atomic E-state index is 13.0. The van der Waals surface area contributed by atoms with Crippen LogP contribution in [0.25, 0.3) is 10.9 Å². The number of aliphatic carboxylic acids is 1. The molecule has 0 fully saturated rings. The first-order valence-electron chi connectivity index (χ1n) is 5.11. The summed E-state index contributed by atoms with van der Waals surface area (Å²) in [6.45, 7) is 1.53. The normalized spacial score (nSPS) is 12.4. The highest BCUT2D eigenvalue weighted by molar-refractivity contribution is 5.91. The average molecular weight is 234 g/mol. The van der Waals surface area contributed by atoms with Gasteiger partial charge in [-0.05, 0) is 19.1 Å². The van der Waals surface area contributed by atoms with Crippen LogP contribution in [0.4, 0.5) is 10.1 Å². The van der Waals surface area contributed by atoms with Crippen molar-refractivity contribution in [2.45, 2.75) is 13.0 Å². The summed E-state index contributed by atoms with van der Waals surface area (Å²) in [5.41, 5.74) is 1.14. The van der Waals surface area contributed by atoms with E-state index in [1.54, 1.807) is 18.2 Å². The zero-order chi connectivity index (χ0) is 12.4. The molecule has 0 spiro atoms. The van der Waals surface area contributed by atoms with Gasteiger partial charge in [-0.15, -0.1) is 0 Å². The van der Waals surface area contributed by atoms with Crippen molar-refractivity contribution in [2.75, 3.05) is 5.32 Å². The minimum absolute atomic E-state index is 0.416. The van der Waals surface area contributed by atoms with Crippen LogP contribution in [0.3, 0.4) is 0 Å². The number of carboxylic acid groups (broad SMARTS) is 1. The number of rotatable bonds is 3. The number of anilines is 1. The van der Waals surface area contributed by atoms with Gasteiger partial charge in [-0.1, -0.05) is 12.1 Å². The molecule has 1 heterocycles. The molecule has 2 N–H and O–H groups in total. The van der Waals surface area contributed by atoms with Crippen LogP contribution in [-0.2, 0) is 4.79 Å². The summed E-state index contributed by atoms with van der Waals surface area (Å²) in [6.07, 6.45) is 1.11. The van der Waals surface area contributed by atoms with E-state index in [2.05, 4.69) is 10.3 Å². The molecule has 0 aliphatic carbocycles. The van der Waals surface area contributed by atoms with E-state index in [0.29, 0.717) is 16.6 Å². The van der Waals surface area contributed by atoms with Crippen molar-refractivity contribution in [3.8, 4) is 0 Å². The molecule has 0 radical (unpaired) electrons. The lowest BCUT2D eigenvalue weighted by molar-refractivity contribution is -0.137. The van der Waals surface area contributed by atoms with Gasteiger partial charge in [0.1, 0.15) is 11.9 Å². The standard InChI is InChI=1S/C12H11FN2O2/c1-7(12(16)17)15-10-4-2-3-8-5-9(13)6-14-11(8)10/h2-7,15H,1H3,(H,16,17)/t7-/m0/s1. The lowest BCUT2D eigenvalue weighted by atomic mass is 10.1. The van der Waals surface area contributed by atoms with Crippen LogP contribution in [-0.4, -0.2) is 22.1 Å².